The summed E-state index contributed by atoms with van der Waals surface area (Å²) in [6, 6.07) is 13.3. The summed E-state index contributed by atoms with van der Waals surface area (Å²) in [5.74, 6) is 0.305. The molecule has 3 rings (SSSR count). The van der Waals surface area contributed by atoms with Gasteiger partial charge >= 0.3 is 0 Å². The van der Waals surface area contributed by atoms with Crippen molar-refractivity contribution in [1.82, 2.24) is 4.98 Å². The van der Waals surface area contributed by atoms with Crippen molar-refractivity contribution < 1.29 is 17.9 Å². The summed E-state index contributed by atoms with van der Waals surface area (Å²) in [6.45, 7) is 3.55. The minimum Gasteiger partial charge on any atom is -0.481 e. The van der Waals surface area contributed by atoms with Gasteiger partial charge < -0.3 is 10.1 Å². The second-order valence-corrected chi connectivity index (χ2v) is 8.56. The lowest BCUT2D eigenvalue weighted by atomic mass is 10.2. The van der Waals surface area contributed by atoms with Crippen molar-refractivity contribution >= 4 is 38.1 Å². The van der Waals surface area contributed by atoms with Gasteiger partial charge in [-0.05, 0) is 49.7 Å². The third-order valence-corrected chi connectivity index (χ3v) is 6.03. The minimum atomic E-state index is -3.73. The highest BCUT2D eigenvalue weighted by Gasteiger charge is 2.18. The van der Waals surface area contributed by atoms with Crippen LogP contribution >= 0.6 is 11.3 Å². The SMILES string of the molecule is Cc1ccccc1O[C@@H](C)C(=O)Nc1ccc(S(=O)(=O)Nc2nccs2)cc1. The van der Waals surface area contributed by atoms with Gasteiger partial charge in [-0.2, -0.15) is 0 Å². The summed E-state index contributed by atoms with van der Waals surface area (Å²) in [5, 5.41) is 4.68. The predicted molar refractivity (Wildman–Crippen MR) is 109 cm³/mol. The molecule has 28 heavy (non-hydrogen) atoms. The molecule has 0 radical (unpaired) electrons. The van der Waals surface area contributed by atoms with Gasteiger partial charge in [0.15, 0.2) is 11.2 Å². The number of carbonyl (C=O) groups is 1. The summed E-state index contributed by atoms with van der Waals surface area (Å²) in [7, 11) is -3.73. The van der Waals surface area contributed by atoms with Crippen LogP contribution < -0.4 is 14.8 Å². The molecule has 1 heterocycles. The number of ether oxygens (including phenoxy) is 1. The van der Waals surface area contributed by atoms with Gasteiger partial charge in [0.25, 0.3) is 15.9 Å². The van der Waals surface area contributed by atoms with E-state index in [0.717, 1.165) is 5.56 Å². The molecule has 0 aliphatic carbocycles. The van der Waals surface area contributed by atoms with Crippen molar-refractivity contribution in [3.63, 3.8) is 0 Å². The molecule has 7 nitrogen and oxygen atoms in total. The number of nitrogens with one attached hydrogen (secondary N) is 2. The lowest BCUT2D eigenvalue weighted by Gasteiger charge is -2.16. The monoisotopic (exact) mass is 417 g/mol. The molecule has 2 N–H and O–H groups in total. The second-order valence-electron chi connectivity index (χ2n) is 5.98. The molecule has 2 aromatic carbocycles. The third-order valence-electron chi connectivity index (χ3n) is 3.85. The first-order valence-corrected chi connectivity index (χ1v) is 10.8. The zero-order chi connectivity index (χ0) is 20.1. The number of hydrogen-bond donors (Lipinski definition) is 2. The number of hydrogen-bond acceptors (Lipinski definition) is 6. The van der Waals surface area contributed by atoms with E-state index < -0.39 is 16.1 Å². The van der Waals surface area contributed by atoms with E-state index in [-0.39, 0.29) is 10.8 Å². The average Bonchev–Trinajstić information content (AvgIpc) is 3.16. The van der Waals surface area contributed by atoms with Crippen molar-refractivity contribution in [2.24, 2.45) is 0 Å². The second kappa shape index (κ2) is 8.41. The van der Waals surface area contributed by atoms with Crippen molar-refractivity contribution in [3.05, 3.63) is 65.7 Å². The van der Waals surface area contributed by atoms with Crippen molar-refractivity contribution in [2.45, 2.75) is 24.8 Å². The molecule has 0 bridgehead atoms. The summed E-state index contributed by atoms with van der Waals surface area (Å²) in [6.07, 6.45) is 0.803. The normalized spacial score (nSPS) is 12.2. The zero-order valence-corrected chi connectivity index (χ0v) is 16.9. The molecule has 9 heteroatoms. The molecule has 0 aliphatic heterocycles. The van der Waals surface area contributed by atoms with Crippen LogP contribution in [0.2, 0.25) is 0 Å². The summed E-state index contributed by atoms with van der Waals surface area (Å²) >= 11 is 1.19. The highest BCUT2D eigenvalue weighted by molar-refractivity contribution is 7.93. The zero-order valence-electron chi connectivity index (χ0n) is 15.2. The Morgan fingerprint density at radius 2 is 1.86 bits per heavy atom. The van der Waals surface area contributed by atoms with Gasteiger partial charge in [0, 0.05) is 17.3 Å². The first-order valence-electron chi connectivity index (χ1n) is 8.41. The van der Waals surface area contributed by atoms with Crippen LogP contribution in [-0.4, -0.2) is 25.4 Å². The van der Waals surface area contributed by atoms with Crippen LogP contribution in [0.5, 0.6) is 5.75 Å². The number of benzene rings is 2. The third kappa shape index (κ3) is 4.87. The van der Waals surface area contributed by atoms with Crippen LogP contribution in [0.4, 0.5) is 10.8 Å². The Kier molecular flexibility index (Phi) is 5.96. The number of nitrogens with zero attached hydrogens (tertiary/aromatic N) is 1. The number of amides is 1. The van der Waals surface area contributed by atoms with Crippen molar-refractivity contribution in [1.29, 1.82) is 0 Å². The topological polar surface area (TPSA) is 97.4 Å². The Morgan fingerprint density at radius 3 is 2.50 bits per heavy atom. The van der Waals surface area contributed by atoms with Gasteiger partial charge in [0.05, 0.1) is 4.90 Å². The molecule has 1 atom stereocenters. The van der Waals surface area contributed by atoms with E-state index in [2.05, 4.69) is 15.0 Å². The van der Waals surface area contributed by atoms with Gasteiger partial charge in [-0.1, -0.05) is 18.2 Å². The van der Waals surface area contributed by atoms with Crippen molar-refractivity contribution in [3.8, 4) is 5.75 Å². The molecule has 1 amide bonds. The van der Waals surface area contributed by atoms with Crippen LogP contribution in [0, 0.1) is 6.92 Å². The first kappa shape index (κ1) is 19.8. The number of rotatable bonds is 7. The Bertz CT molecular complexity index is 1050. The molecule has 1 aromatic heterocycles. The molecule has 0 spiro atoms. The molecule has 146 valence electrons. The summed E-state index contributed by atoms with van der Waals surface area (Å²) < 4.78 is 32.7. The fourth-order valence-corrected chi connectivity index (χ4v) is 4.13. The number of aromatic nitrogens is 1. The van der Waals surface area contributed by atoms with Crippen LogP contribution in [0.15, 0.2) is 65.0 Å². The molecular weight excluding hydrogens is 398 g/mol. The largest absolute Gasteiger partial charge is 0.481 e. The average molecular weight is 418 g/mol. The number of para-hydroxylation sites is 1. The van der Waals surface area contributed by atoms with Gasteiger partial charge in [0.2, 0.25) is 0 Å². The number of sulfonamides is 1. The highest BCUT2D eigenvalue weighted by Crippen LogP contribution is 2.21. The maximum atomic E-state index is 12.3. The lowest BCUT2D eigenvalue weighted by molar-refractivity contribution is -0.122. The van der Waals surface area contributed by atoms with Crippen LogP contribution in [0.25, 0.3) is 0 Å². The maximum absolute atomic E-state index is 12.3. The fraction of sp³-hybridized carbons (Fsp3) is 0.158. The van der Waals surface area contributed by atoms with Gasteiger partial charge in [-0.25, -0.2) is 13.4 Å². The smallest absolute Gasteiger partial charge is 0.265 e. The standard InChI is InChI=1S/C19H19N3O4S2/c1-13-5-3-4-6-17(13)26-14(2)18(23)21-15-7-9-16(10-8-15)28(24,25)22-19-20-11-12-27-19/h3-12,14H,1-2H3,(H,20,22)(H,21,23)/t14-/m0/s1. The van der Waals surface area contributed by atoms with Gasteiger partial charge in [0.1, 0.15) is 5.75 Å². The Morgan fingerprint density at radius 1 is 1.14 bits per heavy atom. The van der Waals surface area contributed by atoms with E-state index in [9.17, 15) is 13.2 Å². The predicted octanol–water partition coefficient (Wildman–Crippen LogP) is 3.66. The first-order chi connectivity index (χ1) is 13.3. The number of thiazole rings is 1. The van der Waals surface area contributed by atoms with Crippen LogP contribution in [0.3, 0.4) is 0 Å². The molecule has 3 aromatic rings. The van der Waals surface area contributed by atoms with Gasteiger partial charge in [-0.15, -0.1) is 11.3 Å². The van der Waals surface area contributed by atoms with Crippen LogP contribution in [-0.2, 0) is 14.8 Å². The molecule has 0 fully saturated rings. The number of aryl methyl sites for hydroxylation is 1. The molecule has 0 unspecified atom stereocenters. The number of anilines is 2. The molecule has 0 aliphatic rings. The van der Waals surface area contributed by atoms with Crippen molar-refractivity contribution in [2.75, 3.05) is 10.0 Å². The Labute approximate surface area is 167 Å². The Balaban J connectivity index is 1.63. The highest BCUT2D eigenvalue weighted by atomic mass is 32.2. The minimum absolute atomic E-state index is 0.0740. The number of carbonyl (C=O) groups excluding carboxylic acids is 1. The van der Waals surface area contributed by atoms with E-state index >= 15 is 0 Å². The van der Waals surface area contributed by atoms with E-state index in [1.807, 2.05) is 25.1 Å². The van der Waals surface area contributed by atoms with Gasteiger partial charge in [-0.3, -0.25) is 9.52 Å². The molecular formula is C19H19N3O4S2. The molecule has 0 saturated carbocycles. The lowest BCUT2D eigenvalue weighted by Crippen LogP contribution is -2.30. The summed E-state index contributed by atoms with van der Waals surface area (Å²) in [5.41, 5.74) is 1.41. The van der Waals surface area contributed by atoms with E-state index in [1.165, 1.54) is 41.8 Å². The van der Waals surface area contributed by atoms with Crippen LogP contribution in [0.1, 0.15) is 12.5 Å². The Hall–Kier alpha value is -2.91. The van der Waals surface area contributed by atoms with E-state index in [4.69, 9.17) is 4.74 Å². The fourth-order valence-electron chi connectivity index (χ4n) is 2.34. The maximum Gasteiger partial charge on any atom is 0.265 e. The van der Waals surface area contributed by atoms with E-state index in [0.29, 0.717) is 16.6 Å². The molecule has 0 saturated heterocycles. The quantitative estimate of drug-likeness (QED) is 0.611. The summed E-state index contributed by atoms with van der Waals surface area (Å²) in [4.78, 5) is 16.3. The van der Waals surface area contributed by atoms with E-state index in [1.54, 1.807) is 18.4 Å².